The average Bonchev–Trinajstić information content (AvgIpc) is 2.48. The highest BCUT2D eigenvalue weighted by molar-refractivity contribution is 7.92. The molecule has 1 aromatic carbocycles. The minimum Gasteiger partial charge on any atom is -0.253 e. The number of nitrogens with zero attached hydrogens (tertiary/aromatic N) is 2. The number of sulfonamides is 1. The maximum absolute atomic E-state index is 12.5. The lowest BCUT2D eigenvalue weighted by Crippen LogP contribution is -2.27. The normalized spacial score (nSPS) is 11.3. The molecule has 6 heteroatoms. The molecule has 0 atom stereocenters. The van der Waals surface area contributed by atoms with Gasteiger partial charge in [0, 0.05) is 19.1 Å². The average molecular weight is 311 g/mol. The van der Waals surface area contributed by atoms with E-state index in [1.54, 1.807) is 48.7 Å². The summed E-state index contributed by atoms with van der Waals surface area (Å²) in [6.45, 7) is 0. The van der Waals surface area contributed by atoms with Crippen molar-refractivity contribution in [2.24, 2.45) is 0 Å². The van der Waals surface area contributed by atoms with Gasteiger partial charge in [-0.25, -0.2) is 13.4 Å². The lowest BCUT2D eigenvalue weighted by atomic mass is 10.2. The fourth-order valence-corrected chi connectivity index (χ4v) is 3.13. The molecular formula is C14H15ClN2O2S. The lowest BCUT2D eigenvalue weighted by Gasteiger charge is -2.18. The van der Waals surface area contributed by atoms with E-state index in [-0.39, 0.29) is 4.90 Å². The van der Waals surface area contributed by atoms with Gasteiger partial charge in [-0.05, 0) is 36.2 Å². The van der Waals surface area contributed by atoms with Crippen molar-refractivity contribution in [3.05, 3.63) is 54.2 Å². The predicted octanol–water partition coefficient (Wildman–Crippen LogP) is 2.69. The Hall–Kier alpha value is -1.59. The van der Waals surface area contributed by atoms with E-state index in [4.69, 9.17) is 11.6 Å². The number of hydrogen-bond acceptors (Lipinski definition) is 3. The van der Waals surface area contributed by atoms with E-state index in [0.29, 0.717) is 11.7 Å². The highest BCUT2D eigenvalue weighted by atomic mass is 35.5. The molecule has 0 fully saturated rings. The molecule has 2 aromatic rings. The minimum absolute atomic E-state index is 0.240. The number of aromatic nitrogens is 1. The van der Waals surface area contributed by atoms with Gasteiger partial charge >= 0.3 is 0 Å². The first-order valence-electron chi connectivity index (χ1n) is 6.10. The summed E-state index contributed by atoms with van der Waals surface area (Å²) < 4.78 is 26.1. The molecule has 0 aliphatic heterocycles. The molecule has 1 aromatic heterocycles. The first kappa shape index (κ1) is 14.8. The van der Waals surface area contributed by atoms with Crippen LogP contribution < -0.4 is 4.31 Å². The molecular weight excluding hydrogens is 296 g/mol. The second-order valence-electron chi connectivity index (χ2n) is 4.24. The summed E-state index contributed by atoms with van der Waals surface area (Å²) >= 11 is 5.66. The SMILES string of the molecule is CN(c1ccccn1)S(=O)(=O)c1ccc(CCCl)cc1. The highest BCUT2D eigenvalue weighted by Crippen LogP contribution is 2.20. The Bertz CT molecular complexity index is 657. The van der Waals surface area contributed by atoms with Crippen LogP contribution in [-0.4, -0.2) is 26.3 Å². The van der Waals surface area contributed by atoms with Gasteiger partial charge < -0.3 is 0 Å². The second-order valence-corrected chi connectivity index (χ2v) is 6.59. The van der Waals surface area contributed by atoms with Crippen LogP contribution in [0.3, 0.4) is 0 Å². The monoisotopic (exact) mass is 310 g/mol. The molecule has 2 rings (SSSR count). The largest absolute Gasteiger partial charge is 0.265 e. The maximum Gasteiger partial charge on any atom is 0.265 e. The predicted molar refractivity (Wildman–Crippen MR) is 80.7 cm³/mol. The Kier molecular flexibility index (Phi) is 4.62. The Morgan fingerprint density at radius 2 is 1.85 bits per heavy atom. The molecule has 0 saturated carbocycles. The third kappa shape index (κ3) is 3.11. The Morgan fingerprint density at radius 3 is 2.40 bits per heavy atom. The van der Waals surface area contributed by atoms with Crippen LogP contribution in [0.1, 0.15) is 5.56 Å². The fraction of sp³-hybridized carbons (Fsp3) is 0.214. The summed E-state index contributed by atoms with van der Waals surface area (Å²) in [6.07, 6.45) is 2.28. The van der Waals surface area contributed by atoms with Crippen LogP contribution in [0.15, 0.2) is 53.6 Å². The summed E-state index contributed by atoms with van der Waals surface area (Å²) in [7, 11) is -2.10. The van der Waals surface area contributed by atoms with Crippen LogP contribution in [0, 0.1) is 0 Å². The van der Waals surface area contributed by atoms with Crippen molar-refractivity contribution in [2.45, 2.75) is 11.3 Å². The number of hydrogen-bond donors (Lipinski definition) is 0. The molecule has 0 aliphatic carbocycles. The van der Waals surface area contributed by atoms with E-state index in [1.165, 1.54) is 11.4 Å². The van der Waals surface area contributed by atoms with Crippen LogP contribution in [0.4, 0.5) is 5.82 Å². The summed E-state index contributed by atoms with van der Waals surface area (Å²) in [5, 5.41) is 0. The van der Waals surface area contributed by atoms with Gasteiger partial charge in [-0.3, -0.25) is 4.31 Å². The van der Waals surface area contributed by atoms with Crippen molar-refractivity contribution in [1.82, 2.24) is 4.98 Å². The molecule has 106 valence electrons. The van der Waals surface area contributed by atoms with Crippen LogP contribution in [0.25, 0.3) is 0 Å². The quantitative estimate of drug-likeness (QED) is 0.798. The number of aryl methyl sites for hydroxylation is 1. The van der Waals surface area contributed by atoms with E-state index in [9.17, 15) is 8.42 Å². The summed E-state index contributed by atoms with van der Waals surface area (Å²) in [6, 6.07) is 11.9. The zero-order valence-electron chi connectivity index (χ0n) is 11.0. The summed E-state index contributed by atoms with van der Waals surface area (Å²) in [5.74, 6) is 0.900. The number of rotatable bonds is 5. The van der Waals surface area contributed by atoms with E-state index < -0.39 is 10.0 Å². The van der Waals surface area contributed by atoms with Gasteiger partial charge in [-0.1, -0.05) is 18.2 Å². The summed E-state index contributed by atoms with van der Waals surface area (Å²) in [4.78, 5) is 4.29. The smallest absolute Gasteiger partial charge is 0.253 e. The lowest BCUT2D eigenvalue weighted by molar-refractivity contribution is 0.594. The molecule has 0 N–H and O–H groups in total. The van der Waals surface area contributed by atoms with Crippen LogP contribution >= 0.6 is 11.6 Å². The Morgan fingerprint density at radius 1 is 1.15 bits per heavy atom. The van der Waals surface area contributed by atoms with Crippen LogP contribution in [-0.2, 0) is 16.4 Å². The molecule has 0 radical (unpaired) electrons. The van der Waals surface area contributed by atoms with E-state index in [2.05, 4.69) is 4.98 Å². The summed E-state index contributed by atoms with van der Waals surface area (Å²) in [5.41, 5.74) is 1.01. The molecule has 0 amide bonds. The van der Waals surface area contributed by atoms with Crippen LogP contribution in [0.5, 0.6) is 0 Å². The van der Waals surface area contributed by atoms with Crippen molar-refractivity contribution in [1.29, 1.82) is 0 Å². The molecule has 0 bridgehead atoms. The van der Waals surface area contributed by atoms with Crippen molar-refractivity contribution >= 4 is 27.4 Å². The van der Waals surface area contributed by atoms with Crippen LogP contribution in [0.2, 0.25) is 0 Å². The van der Waals surface area contributed by atoms with Gasteiger partial charge in [-0.15, -0.1) is 11.6 Å². The minimum atomic E-state index is -3.59. The van der Waals surface area contributed by atoms with Crippen molar-refractivity contribution in [2.75, 3.05) is 17.2 Å². The van der Waals surface area contributed by atoms with E-state index in [0.717, 1.165) is 12.0 Å². The molecule has 0 aliphatic rings. The highest BCUT2D eigenvalue weighted by Gasteiger charge is 2.21. The molecule has 20 heavy (non-hydrogen) atoms. The first-order valence-corrected chi connectivity index (χ1v) is 8.08. The Balaban J connectivity index is 2.30. The van der Waals surface area contributed by atoms with Gasteiger partial charge in [0.15, 0.2) is 0 Å². The van der Waals surface area contributed by atoms with Gasteiger partial charge in [0.05, 0.1) is 4.90 Å². The number of halogens is 1. The van der Waals surface area contributed by atoms with Gasteiger partial charge in [0.25, 0.3) is 10.0 Å². The molecule has 4 nitrogen and oxygen atoms in total. The number of anilines is 1. The first-order chi connectivity index (χ1) is 9.55. The molecule has 0 saturated heterocycles. The number of benzene rings is 1. The molecule has 0 spiro atoms. The van der Waals surface area contributed by atoms with Gasteiger partial charge in [0.2, 0.25) is 0 Å². The second kappa shape index (κ2) is 6.24. The zero-order valence-corrected chi connectivity index (χ0v) is 12.6. The van der Waals surface area contributed by atoms with Gasteiger partial charge in [-0.2, -0.15) is 0 Å². The third-order valence-electron chi connectivity index (χ3n) is 2.94. The van der Waals surface area contributed by atoms with E-state index >= 15 is 0 Å². The van der Waals surface area contributed by atoms with Gasteiger partial charge in [0.1, 0.15) is 5.82 Å². The number of pyridine rings is 1. The molecule has 0 unspecified atom stereocenters. The van der Waals surface area contributed by atoms with Crippen molar-refractivity contribution in [3.63, 3.8) is 0 Å². The standard InChI is InChI=1S/C14H15ClN2O2S/c1-17(14-4-2-3-11-16-14)20(18,19)13-7-5-12(6-8-13)9-10-15/h2-8,11H,9-10H2,1H3. The number of alkyl halides is 1. The zero-order chi connectivity index (χ0) is 14.6. The molecule has 1 heterocycles. The third-order valence-corrected chi connectivity index (χ3v) is 4.90. The van der Waals surface area contributed by atoms with E-state index in [1.807, 2.05) is 0 Å². The van der Waals surface area contributed by atoms with Crippen molar-refractivity contribution in [3.8, 4) is 0 Å². The topological polar surface area (TPSA) is 50.3 Å². The fourth-order valence-electron chi connectivity index (χ4n) is 1.76. The van der Waals surface area contributed by atoms with Crippen molar-refractivity contribution < 1.29 is 8.42 Å². The Labute approximate surface area is 124 Å². The maximum atomic E-state index is 12.5.